The van der Waals surface area contributed by atoms with Crippen LogP contribution in [0.15, 0.2) is 24.4 Å². The summed E-state index contributed by atoms with van der Waals surface area (Å²) < 4.78 is 5.56. The van der Waals surface area contributed by atoms with Crippen molar-refractivity contribution in [2.24, 2.45) is 5.92 Å². The maximum atomic E-state index is 13.0. The standard InChI is InChI=1S/C27H33N7O4/c1-32-9-10-34(26(36)16-32)15-21-7-8-25(30-23(21)17-35)33(2)27(37)31-24-12-20(22(13-28)14-29-24)6-5-19-4-3-11-38-18-19/h7-8,12,14,17,19H,3-6,9-11,15-16,18H2,1-2H3,(H,29,31,37). The minimum absolute atomic E-state index is 0.00229. The van der Waals surface area contributed by atoms with Gasteiger partial charge in [-0.1, -0.05) is 6.07 Å². The zero-order chi connectivity index (χ0) is 27.1. The molecule has 0 bridgehead atoms. The fourth-order valence-electron chi connectivity index (χ4n) is 4.68. The number of hydrogen-bond acceptors (Lipinski definition) is 8. The van der Waals surface area contributed by atoms with Crippen LogP contribution < -0.4 is 10.2 Å². The second-order valence-corrected chi connectivity index (χ2v) is 9.83. The lowest BCUT2D eigenvalue weighted by atomic mass is 9.93. The number of likely N-dealkylation sites (N-methyl/N-ethyl adjacent to an activating group) is 1. The van der Waals surface area contributed by atoms with Gasteiger partial charge in [0.2, 0.25) is 5.91 Å². The summed E-state index contributed by atoms with van der Waals surface area (Å²) >= 11 is 0. The van der Waals surface area contributed by atoms with Crippen molar-refractivity contribution in [2.75, 3.05) is 57.2 Å². The van der Waals surface area contributed by atoms with Crippen molar-refractivity contribution in [1.29, 1.82) is 5.26 Å². The Bertz CT molecular complexity index is 1220. The molecule has 0 aliphatic carbocycles. The van der Waals surface area contributed by atoms with Crippen molar-refractivity contribution in [3.05, 3.63) is 46.8 Å². The summed E-state index contributed by atoms with van der Waals surface area (Å²) in [6.07, 6.45) is 5.86. The predicted molar refractivity (Wildman–Crippen MR) is 141 cm³/mol. The van der Waals surface area contributed by atoms with Gasteiger partial charge in [-0.25, -0.2) is 14.8 Å². The van der Waals surface area contributed by atoms with E-state index in [-0.39, 0.29) is 24.0 Å². The van der Waals surface area contributed by atoms with E-state index in [1.807, 2.05) is 11.9 Å². The summed E-state index contributed by atoms with van der Waals surface area (Å²) in [6, 6.07) is 6.78. The second-order valence-electron chi connectivity index (χ2n) is 9.83. The van der Waals surface area contributed by atoms with Crippen LogP contribution in [0, 0.1) is 17.2 Å². The lowest BCUT2D eigenvalue weighted by Crippen LogP contribution is -2.48. The minimum atomic E-state index is -0.486. The van der Waals surface area contributed by atoms with Gasteiger partial charge >= 0.3 is 6.03 Å². The Hall–Kier alpha value is -3.88. The molecule has 1 unspecified atom stereocenters. The third-order valence-corrected chi connectivity index (χ3v) is 7.05. The Labute approximate surface area is 222 Å². The smallest absolute Gasteiger partial charge is 0.328 e. The van der Waals surface area contributed by atoms with Crippen molar-refractivity contribution in [2.45, 2.75) is 32.2 Å². The van der Waals surface area contributed by atoms with Crippen molar-refractivity contribution < 1.29 is 19.1 Å². The van der Waals surface area contributed by atoms with E-state index >= 15 is 0 Å². The summed E-state index contributed by atoms with van der Waals surface area (Å²) in [6.45, 7) is 3.50. The number of aryl methyl sites for hydroxylation is 1. The molecule has 2 aromatic heterocycles. The number of pyridine rings is 2. The molecule has 1 atom stereocenters. The van der Waals surface area contributed by atoms with Crippen LogP contribution >= 0.6 is 0 Å². The molecule has 38 heavy (non-hydrogen) atoms. The first kappa shape index (κ1) is 27.2. The first-order valence-electron chi connectivity index (χ1n) is 12.8. The molecular formula is C27H33N7O4. The number of amides is 3. The maximum absolute atomic E-state index is 13.0. The van der Waals surface area contributed by atoms with E-state index in [4.69, 9.17) is 4.74 Å². The van der Waals surface area contributed by atoms with Crippen LogP contribution in [0.25, 0.3) is 0 Å². The van der Waals surface area contributed by atoms with Crippen LogP contribution in [0.2, 0.25) is 0 Å². The van der Waals surface area contributed by atoms with Gasteiger partial charge in [-0.05, 0) is 56.3 Å². The molecule has 11 nitrogen and oxygen atoms in total. The van der Waals surface area contributed by atoms with E-state index in [0.29, 0.717) is 48.7 Å². The number of urea groups is 1. The van der Waals surface area contributed by atoms with Gasteiger partial charge in [-0.3, -0.25) is 24.7 Å². The van der Waals surface area contributed by atoms with E-state index in [2.05, 4.69) is 21.4 Å². The van der Waals surface area contributed by atoms with Crippen LogP contribution in [0.1, 0.15) is 46.4 Å². The van der Waals surface area contributed by atoms with E-state index in [9.17, 15) is 19.6 Å². The molecule has 0 saturated carbocycles. The third kappa shape index (κ3) is 6.70. The van der Waals surface area contributed by atoms with Crippen LogP contribution in [0.4, 0.5) is 16.4 Å². The van der Waals surface area contributed by atoms with E-state index < -0.39 is 6.03 Å². The Morgan fingerprint density at radius 3 is 2.89 bits per heavy atom. The minimum Gasteiger partial charge on any atom is -0.381 e. The number of aromatic nitrogens is 2. The Morgan fingerprint density at radius 2 is 2.18 bits per heavy atom. The number of nitrogens with zero attached hydrogens (tertiary/aromatic N) is 6. The monoisotopic (exact) mass is 519 g/mol. The average Bonchev–Trinajstić information content (AvgIpc) is 2.93. The highest BCUT2D eigenvalue weighted by atomic mass is 16.5. The van der Waals surface area contributed by atoms with Crippen molar-refractivity contribution in [3.8, 4) is 6.07 Å². The van der Waals surface area contributed by atoms with Gasteiger partial charge in [0.15, 0.2) is 6.29 Å². The molecule has 0 aromatic carbocycles. The van der Waals surface area contributed by atoms with Gasteiger partial charge in [-0.2, -0.15) is 5.26 Å². The highest BCUT2D eigenvalue weighted by Gasteiger charge is 2.23. The Balaban J connectivity index is 1.41. The quantitative estimate of drug-likeness (QED) is 0.526. The first-order chi connectivity index (χ1) is 18.4. The summed E-state index contributed by atoms with van der Waals surface area (Å²) in [4.78, 5) is 50.6. The molecule has 1 N–H and O–H groups in total. The largest absolute Gasteiger partial charge is 0.381 e. The summed E-state index contributed by atoms with van der Waals surface area (Å²) in [7, 11) is 3.44. The number of anilines is 2. The molecule has 4 heterocycles. The lowest BCUT2D eigenvalue weighted by molar-refractivity contribution is -0.136. The number of nitrogens with one attached hydrogen (secondary N) is 1. The third-order valence-electron chi connectivity index (χ3n) is 7.05. The molecule has 2 aromatic rings. The van der Waals surface area contributed by atoms with Gasteiger partial charge in [0.25, 0.3) is 0 Å². The fraction of sp³-hybridized carbons (Fsp3) is 0.481. The maximum Gasteiger partial charge on any atom is 0.328 e. The van der Waals surface area contributed by atoms with Crippen molar-refractivity contribution in [3.63, 3.8) is 0 Å². The molecule has 11 heteroatoms. The molecule has 2 aliphatic rings. The number of carbonyl (C=O) groups excluding carboxylic acids is 3. The lowest BCUT2D eigenvalue weighted by Gasteiger charge is -2.32. The predicted octanol–water partition coefficient (Wildman–Crippen LogP) is 2.46. The van der Waals surface area contributed by atoms with Crippen LogP contribution in [-0.4, -0.2) is 84.9 Å². The van der Waals surface area contributed by atoms with Crippen LogP contribution in [-0.2, 0) is 22.5 Å². The number of carbonyl (C=O) groups is 3. The summed E-state index contributed by atoms with van der Waals surface area (Å²) in [5.41, 5.74) is 2.12. The zero-order valence-corrected chi connectivity index (χ0v) is 21.9. The average molecular weight is 520 g/mol. The van der Waals surface area contributed by atoms with Crippen molar-refractivity contribution in [1.82, 2.24) is 19.8 Å². The normalized spacial score (nSPS) is 18.1. The molecule has 200 valence electrons. The number of ether oxygens (including phenoxy) is 1. The summed E-state index contributed by atoms with van der Waals surface area (Å²) in [5, 5.41) is 12.2. The highest BCUT2D eigenvalue weighted by Crippen LogP contribution is 2.23. The topological polar surface area (TPSA) is 132 Å². The SMILES string of the molecule is CN1CCN(Cc2ccc(N(C)C(=O)Nc3cc(CCC4CCCOC4)c(C#N)cn3)nc2C=O)C(=O)C1. The molecule has 0 spiro atoms. The van der Waals surface area contributed by atoms with Gasteiger partial charge in [0.05, 0.1) is 12.1 Å². The molecule has 3 amide bonds. The van der Waals surface area contributed by atoms with Gasteiger partial charge in [-0.15, -0.1) is 0 Å². The molecule has 2 saturated heterocycles. The highest BCUT2D eigenvalue weighted by molar-refractivity contribution is 6.00. The first-order valence-corrected chi connectivity index (χ1v) is 12.8. The molecule has 2 fully saturated rings. The number of piperazine rings is 1. The van der Waals surface area contributed by atoms with E-state index in [1.165, 1.54) is 11.1 Å². The number of hydrogen-bond donors (Lipinski definition) is 1. The van der Waals surface area contributed by atoms with Crippen LogP contribution in [0.5, 0.6) is 0 Å². The van der Waals surface area contributed by atoms with E-state index in [0.717, 1.165) is 44.6 Å². The van der Waals surface area contributed by atoms with Crippen LogP contribution in [0.3, 0.4) is 0 Å². The molecular weight excluding hydrogens is 486 g/mol. The second kappa shape index (κ2) is 12.6. The molecule has 0 radical (unpaired) electrons. The Kier molecular flexibility index (Phi) is 8.99. The number of aldehydes is 1. The Morgan fingerprint density at radius 1 is 1.34 bits per heavy atom. The van der Waals surface area contributed by atoms with Gasteiger partial charge < -0.3 is 9.64 Å². The summed E-state index contributed by atoms with van der Waals surface area (Å²) in [5.74, 6) is 1.07. The van der Waals surface area contributed by atoms with Gasteiger partial charge in [0, 0.05) is 51.7 Å². The number of rotatable bonds is 8. The van der Waals surface area contributed by atoms with Crippen molar-refractivity contribution >= 4 is 29.9 Å². The van der Waals surface area contributed by atoms with E-state index in [1.54, 1.807) is 30.1 Å². The fourth-order valence-corrected chi connectivity index (χ4v) is 4.68. The molecule has 4 rings (SSSR count). The number of nitriles is 1. The molecule has 2 aliphatic heterocycles. The zero-order valence-electron chi connectivity index (χ0n) is 21.9. The van der Waals surface area contributed by atoms with Gasteiger partial charge in [0.1, 0.15) is 23.4 Å².